The highest BCUT2D eigenvalue weighted by atomic mass is 14.8. The maximum absolute atomic E-state index is 9.28. The molecule has 0 spiro atoms. The highest BCUT2D eigenvalue weighted by Gasteiger charge is 2.15. The van der Waals surface area contributed by atoms with Crippen molar-refractivity contribution in [1.82, 2.24) is 19.9 Å². The maximum atomic E-state index is 9.28. The fraction of sp³-hybridized carbons (Fsp3) is 0. The molecular formula is C42H24N6. The van der Waals surface area contributed by atoms with Crippen LogP contribution in [0.4, 0.5) is 0 Å². The Balaban J connectivity index is 1.18. The molecule has 0 aliphatic rings. The van der Waals surface area contributed by atoms with E-state index in [1.54, 1.807) is 36.7 Å². The molecule has 222 valence electrons. The summed E-state index contributed by atoms with van der Waals surface area (Å²) >= 11 is 0. The van der Waals surface area contributed by atoms with Gasteiger partial charge >= 0.3 is 0 Å². The number of pyridine rings is 4. The summed E-state index contributed by atoms with van der Waals surface area (Å²) < 4.78 is 0. The van der Waals surface area contributed by atoms with Crippen LogP contribution in [0.3, 0.4) is 0 Å². The lowest BCUT2D eigenvalue weighted by atomic mass is 9.88. The van der Waals surface area contributed by atoms with Crippen LogP contribution < -0.4 is 0 Å². The minimum atomic E-state index is 0.555. The minimum Gasteiger partial charge on any atom is -0.255 e. The summed E-state index contributed by atoms with van der Waals surface area (Å²) in [7, 11) is 0. The predicted octanol–water partition coefficient (Wildman–Crippen LogP) is 9.65. The molecule has 0 N–H and O–H groups in total. The fourth-order valence-corrected chi connectivity index (χ4v) is 6.26. The molecule has 0 saturated heterocycles. The normalized spacial score (nSPS) is 10.9. The zero-order valence-corrected chi connectivity index (χ0v) is 25.5. The van der Waals surface area contributed by atoms with Gasteiger partial charge < -0.3 is 0 Å². The van der Waals surface area contributed by atoms with Crippen LogP contribution in [0.1, 0.15) is 11.1 Å². The van der Waals surface area contributed by atoms with Crippen molar-refractivity contribution >= 4 is 21.5 Å². The summed E-state index contributed by atoms with van der Waals surface area (Å²) in [6, 6.07) is 44.9. The molecule has 4 aromatic heterocycles. The Morgan fingerprint density at radius 2 is 0.771 bits per heavy atom. The van der Waals surface area contributed by atoms with Crippen molar-refractivity contribution in [2.24, 2.45) is 0 Å². The van der Waals surface area contributed by atoms with Crippen molar-refractivity contribution in [3.8, 4) is 68.3 Å². The van der Waals surface area contributed by atoms with Crippen LogP contribution in [0.2, 0.25) is 0 Å². The van der Waals surface area contributed by atoms with E-state index in [0.29, 0.717) is 22.5 Å². The first kappa shape index (κ1) is 28.5. The third-order valence-corrected chi connectivity index (χ3v) is 8.59. The summed E-state index contributed by atoms with van der Waals surface area (Å²) in [4.78, 5) is 18.2. The van der Waals surface area contributed by atoms with Gasteiger partial charge in [0.15, 0.2) is 0 Å². The van der Waals surface area contributed by atoms with Gasteiger partial charge in [0.05, 0.1) is 46.0 Å². The smallest absolute Gasteiger partial charge is 0.0992 e. The Kier molecular flexibility index (Phi) is 7.15. The van der Waals surface area contributed by atoms with Gasteiger partial charge in [-0.25, -0.2) is 0 Å². The van der Waals surface area contributed by atoms with E-state index in [9.17, 15) is 10.5 Å². The molecule has 6 heteroatoms. The first-order valence-electron chi connectivity index (χ1n) is 15.4. The summed E-state index contributed by atoms with van der Waals surface area (Å²) in [6.45, 7) is 0. The minimum absolute atomic E-state index is 0.555. The monoisotopic (exact) mass is 612 g/mol. The summed E-state index contributed by atoms with van der Waals surface area (Å²) in [5, 5.41) is 23.1. The molecule has 4 heterocycles. The molecule has 8 rings (SSSR count). The SMILES string of the molecule is N#Cc1ccnc(-c2ccc(-c3ccc(-c4ccc(-c5ccc(-c6cc(C#N)ccn6)nc5)c5ccccc45)c4ccccc34)cn2)c1. The summed E-state index contributed by atoms with van der Waals surface area (Å²) in [5.41, 5.74) is 10.4. The lowest BCUT2D eigenvalue weighted by Crippen LogP contribution is -1.92. The fourth-order valence-electron chi connectivity index (χ4n) is 6.26. The van der Waals surface area contributed by atoms with Gasteiger partial charge in [-0.05, 0) is 80.2 Å². The summed E-state index contributed by atoms with van der Waals surface area (Å²) in [5.74, 6) is 0. The van der Waals surface area contributed by atoms with Crippen LogP contribution >= 0.6 is 0 Å². The van der Waals surface area contributed by atoms with Crippen molar-refractivity contribution in [3.63, 3.8) is 0 Å². The van der Waals surface area contributed by atoms with E-state index in [-0.39, 0.29) is 0 Å². The standard InChI is InChI=1S/C42H24N6/c43-23-27-17-19-45-41(21-27)39-15-9-29(25-47-39)31-11-13-37(35-7-3-1-5-33(31)35)38-14-12-32(34-6-2-4-8-36(34)38)30-10-16-40(48-26-30)42-22-28(24-44)18-20-46-42/h1-22,25-26H. The van der Waals surface area contributed by atoms with E-state index in [0.717, 1.165) is 66.3 Å². The zero-order valence-electron chi connectivity index (χ0n) is 25.5. The van der Waals surface area contributed by atoms with Gasteiger partial charge in [0.25, 0.3) is 0 Å². The zero-order chi connectivity index (χ0) is 32.5. The molecule has 8 aromatic rings. The van der Waals surface area contributed by atoms with E-state index < -0.39 is 0 Å². The molecule has 48 heavy (non-hydrogen) atoms. The van der Waals surface area contributed by atoms with Gasteiger partial charge in [0.2, 0.25) is 0 Å². The third-order valence-electron chi connectivity index (χ3n) is 8.59. The molecule has 0 aliphatic carbocycles. The Hall–Kier alpha value is -7.02. The number of rotatable bonds is 5. The summed E-state index contributed by atoms with van der Waals surface area (Å²) in [6.07, 6.45) is 7.01. The van der Waals surface area contributed by atoms with Crippen LogP contribution in [-0.4, -0.2) is 19.9 Å². The van der Waals surface area contributed by atoms with E-state index in [4.69, 9.17) is 9.97 Å². The molecule has 0 unspecified atom stereocenters. The van der Waals surface area contributed by atoms with Crippen LogP contribution in [0.15, 0.2) is 146 Å². The van der Waals surface area contributed by atoms with Crippen molar-refractivity contribution < 1.29 is 0 Å². The third kappa shape index (κ3) is 5.10. The number of nitrogens with zero attached hydrogens (tertiary/aromatic N) is 6. The lowest BCUT2D eigenvalue weighted by molar-refractivity contribution is 1.24. The van der Waals surface area contributed by atoms with Crippen molar-refractivity contribution in [1.29, 1.82) is 10.5 Å². The van der Waals surface area contributed by atoms with E-state index in [2.05, 4.69) is 107 Å². The van der Waals surface area contributed by atoms with E-state index in [1.165, 1.54) is 0 Å². The van der Waals surface area contributed by atoms with Crippen molar-refractivity contribution in [2.45, 2.75) is 0 Å². The van der Waals surface area contributed by atoms with Gasteiger partial charge in [-0.3, -0.25) is 19.9 Å². The van der Waals surface area contributed by atoms with Crippen LogP contribution in [0.25, 0.3) is 77.7 Å². The van der Waals surface area contributed by atoms with E-state index in [1.807, 2.05) is 24.5 Å². The number of aromatic nitrogens is 4. The van der Waals surface area contributed by atoms with E-state index >= 15 is 0 Å². The number of hydrogen-bond donors (Lipinski definition) is 0. The lowest BCUT2D eigenvalue weighted by Gasteiger charge is -2.16. The highest BCUT2D eigenvalue weighted by molar-refractivity contribution is 6.12. The predicted molar refractivity (Wildman–Crippen MR) is 189 cm³/mol. The second-order valence-electron chi connectivity index (χ2n) is 11.4. The average molecular weight is 613 g/mol. The quantitative estimate of drug-likeness (QED) is 0.192. The molecule has 0 radical (unpaired) electrons. The number of benzene rings is 4. The first-order chi connectivity index (χ1) is 23.7. The van der Waals surface area contributed by atoms with Crippen molar-refractivity contribution in [3.05, 3.63) is 157 Å². The molecule has 6 nitrogen and oxygen atoms in total. The van der Waals surface area contributed by atoms with Crippen molar-refractivity contribution in [2.75, 3.05) is 0 Å². The van der Waals surface area contributed by atoms with Gasteiger partial charge in [0.1, 0.15) is 0 Å². The largest absolute Gasteiger partial charge is 0.255 e. The maximum Gasteiger partial charge on any atom is 0.0992 e. The number of fused-ring (bicyclic) bond motifs is 2. The molecule has 4 aromatic carbocycles. The topological polar surface area (TPSA) is 99.1 Å². The second kappa shape index (κ2) is 12.1. The molecule has 0 saturated carbocycles. The number of nitriles is 2. The Morgan fingerprint density at radius 1 is 0.375 bits per heavy atom. The molecule has 0 aliphatic heterocycles. The Morgan fingerprint density at radius 3 is 1.15 bits per heavy atom. The molecule has 0 fully saturated rings. The van der Waals surface area contributed by atoms with Crippen LogP contribution in [0, 0.1) is 22.7 Å². The van der Waals surface area contributed by atoms with Crippen LogP contribution in [0.5, 0.6) is 0 Å². The van der Waals surface area contributed by atoms with Crippen LogP contribution in [-0.2, 0) is 0 Å². The van der Waals surface area contributed by atoms with Gasteiger partial charge in [0, 0.05) is 35.9 Å². The van der Waals surface area contributed by atoms with Gasteiger partial charge in [-0.1, -0.05) is 84.9 Å². The molecule has 0 atom stereocenters. The van der Waals surface area contributed by atoms with Gasteiger partial charge in [-0.2, -0.15) is 10.5 Å². The average Bonchev–Trinajstić information content (AvgIpc) is 3.17. The molecule has 0 amide bonds. The molecule has 0 bridgehead atoms. The van der Waals surface area contributed by atoms with Gasteiger partial charge in [-0.15, -0.1) is 0 Å². The Bertz CT molecular complexity index is 2390. The second-order valence-corrected chi connectivity index (χ2v) is 11.4. The first-order valence-corrected chi connectivity index (χ1v) is 15.4. The number of hydrogen-bond acceptors (Lipinski definition) is 6. The Labute approximate surface area is 276 Å². The molecular weight excluding hydrogens is 589 g/mol. The highest BCUT2D eigenvalue weighted by Crippen LogP contribution is 2.41.